The van der Waals surface area contributed by atoms with Crippen molar-refractivity contribution in [1.29, 1.82) is 0 Å². The van der Waals surface area contributed by atoms with E-state index in [2.05, 4.69) is 5.43 Å². The quantitative estimate of drug-likeness (QED) is 0.827. The number of thiophene rings is 1. The molecule has 0 aliphatic carbocycles. The van der Waals surface area contributed by atoms with Crippen molar-refractivity contribution >= 4 is 29.3 Å². The molecule has 0 radical (unpaired) electrons. The van der Waals surface area contributed by atoms with Crippen molar-refractivity contribution < 1.29 is 14.7 Å². The van der Waals surface area contributed by atoms with Crippen molar-refractivity contribution in [2.45, 2.75) is 19.3 Å². The molecule has 1 amide bonds. The molecular formula is C13H16N2O3S. The van der Waals surface area contributed by atoms with Crippen LogP contribution in [0.4, 0.5) is 0 Å². The van der Waals surface area contributed by atoms with Crippen LogP contribution in [-0.4, -0.2) is 35.1 Å². The summed E-state index contributed by atoms with van der Waals surface area (Å²) in [4.78, 5) is 23.7. The van der Waals surface area contributed by atoms with E-state index >= 15 is 0 Å². The number of nitrogens with one attached hydrogen (secondary N) is 1. The fourth-order valence-corrected chi connectivity index (χ4v) is 2.72. The van der Waals surface area contributed by atoms with Gasteiger partial charge < -0.3 is 5.11 Å². The maximum atomic E-state index is 12.0. The van der Waals surface area contributed by atoms with Crippen LogP contribution in [0.5, 0.6) is 0 Å². The standard InChI is InChI=1S/C13H16N2O3S/c16-12(17)7-5-10-4-6-11(19-10)13(18)14-15-8-2-1-3-9-15/h4-7H,1-3,8-9H2,(H,14,18)(H,16,17)/b7-5+. The largest absolute Gasteiger partial charge is 0.478 e. The second kappa shape index (κ2) is 6.49. The van der Waals surface area contributed by atoms with Crippen LogP contribution in [0.15, 0.2) is 18.2 Å². The number of hydrazine groups is 1. The average Bonchev–Trinajstić information content (AvgIpc) is 2.86. The third kappa shape index (κ3) is 4.18. The van der Waals surface area contributed by atoms with E-state index in [-0.39, 0.29) is 5.91 Å². The zero-order chi connectivity index (χ0) is 13.7. The fraction of sp³-hybridized carbons (Fsp3) is 0.385. The van der Waals surface area contributed by atoms with Gasteiger partial charge in [-0.25, -0.2) is 9.80 Å². The Morgan fingerprint density at radius 1 is 1.26 bits per heavy atom. The highest BCUT2D eigenvalue weighted by atomic mass is 32.1. The van der Waals surface area contributed by atoms with Gasteiger partial charge in [-0.2, -0.15) is 0 Å². The Kier molecular flexibility index (Phi) is 4.70. The van der Waals surface area contributed by atoms with Crippen LogP contribution in [0.2, 0.25) is 0 Å². The van der Waals surface area contributed by atoms with Crippen LogP contribution >= 0.6 is 11.3 Å². The van der Waals surface area contributed by atoms with Gasteiger partial charge in [-0.15, -0.1) is 11.3 Å². The van der Waals surface area contributed by atoms with Gasteiger partial charge in [0.2, 0.25) is 0 Å². The van der Waals surface area contributed by atoms with E-state index in [0.29, 0.717) is 4.88 Å². The molecule has 0 atom stereocenters. The van der Waals surface area contributed by atoms with Crippen molar-refractivity contribution in [3.05, 3.63) is 28.0 Å². The highest BCUT2D eigenvalue weighted by Crippen LogP contribution is 2.18. The Bertz CT molecular complexity index is 490. The molecule has 0 unspecified atom stereocenters. The van der Waals surface area contributed by atoms with Crippen LogP contribution in [0.3, 0.4) is 0 Å². The first-order valence-corrected chi connectivity index (χ1v) is 7.03. The molecule has 0 spiro atoms. The number of carboxylic acid groups (broad SMARTS) is 1. The molecule has 0 bridgehead atoms. The Morgan fingerprint density at radius 2 is 2.00 bits per heavy atom. The van der Waals surface area contributed by atoms with Gasteiger partial charge in [-0.3, -0.25) is 10.2 Å². The van der Waals surface area contributed by atoms with Crippen molar-refractivity contribution in [1.82, 2.24) is 10.4 Å². The zero-order valence-corrected chi connectivity index (χ0v) is 11.3. The number of rotatable bonds is 4. The Balaban J connectivity index is 1.93. The summed E-state index contributed by atoms with van der Waals surface area (Å²) in [6.45, 7) is 1.78. The van der Waals surface area contributed by atoms with E-state index in [0.717, 1.165) is 36.9 Å². The Morgan fingerprint density at radius 3 is 2.68 bits per heavy atom. The van der Waals surface area contributed by atoms with Crippen molar-refractivity contribution in [2.24, 2.45) is 0 Å². The lowest BCUT2D eigenvalue weighted by Gasteiger charge is -2.26. The number of hydrogen-bond acceptors (Lipinski definition) is 4. The molecule has 0 saturated carbocycles. The molecule has 5 nitrogen and oxygen atoms in total. The Hall–Kier alpha value is -1.66. The van der Waals surface area contributed by atoms with Gasteiger partial charge in [0.25, 0.3) is 5.91 Å². The lowest BCUT2D eigenvalue weighted by atomic mass is 10.2. The summed E-state index contributed by atoms with van der Waals surface area (Å²) in [6.07, 6.45) is 5.99. The maximum absolute atomic E-state index is 12.0. The second-order valence-corrected chi connectivity index (χ2v) is 5.48. The summed E-state index contributed by atoms with van der Waals surface area (Å²) in [5.41, 5.74) is 2.88. The molecule has 2 rings (SSSR count). The minimum atomic E-state index is -0.993. The molecule has 1 aromatic heterocycles. The topological polar surface area (TPSA) is 69.6 Å². The second-order valence-electron chi connectivity index (χ2n) is 4.36. The molecule has 6 heteroatoms. The van der Waals surface area contributed by atoms with Gasteiger partial charge in [-0.1, -0.05) is 6.42 Å². The SMILES string of the molecule is O=C(O)/C=C/c1ccc(C(=O)NN2CCCCC2)s1. The normalized spacial score (nSPS) is 16.6. The molecule has 1 aliphatic heterocycles. The summed E-state index contributed by atoms with van der Waals surface area (Å²) in [5.74, 6) is -1.12. The number of nitrogens with zero attached hydrogens (tertiary/aromatic N) is 1. The number of carbonyl (C=O) groups is 2. The predicted octanol–water partition coefficient (Wildman–Crippen LogP) is 1.98. The lowest BCUT2D eigenvalue weighted by Crippen LogP contribution is -2.44. The maximum Gasteiger partial charge on any atom is 0.328 e. The molecule has 0 aromatic carbocycles. The smallest absolute Gasteiger partial charge is 0.328 e. The summed E-state index contributed by atoms with van der Waals surface area (Å²) in [7, 11) is 0. The predicted molar refractivity (Wildman–Crippen MR) is 73.9 cm³/mol. The van der Waals surface area contributed by atoms with E-state index in [1.165, 1.54) is 23.8 Å². The summed E-state index contributed by atoms with van der Waals surface area (Å²) in [5, 5.41) is 10.5. The Labute approximate surface area is 115 Å². The number of aliphatic carboxylic acids is 1. The van der Waals surface area contributed by atoms with Crippen LogP contribution in [0.1, 0.15) is 33.8 Å². The number of amides is 1. The number of carboxylic acids is 1. The van der Waals surface area contributed by atoms with E-state index in [4.69, 9.17) is 5.11 Å². The molecule has 1 saturated heterocycles. The first-order valence-electron chi connectivity index (χ1n) is 6.22. The third-order valence-corrected chi connectivity index (χ3v) is 3.91. The monoisotopic (exact) mass is 280 g/mol. The van der Waals surface area contributed by atoms with Crippen molar-refractivity contribution in [3.8, 4) is 0 Å². The fourth-order valence-electron chi connectivity index (χ4n) is 1.92. The molecule has 1 aliphatic rings. The highest BCUT2D eigenvalue weighted by Gasteiger charge is 2.15. The zero-order valence-electron chi connectivity index (χ0n) is 10.5. The van der Waals surface area contributed by atoms with Crippen LogP contribution < -0.4 is 5.43 Å². The molecule has 2 heterocycles. The summed E-state index contributed by atoms with van der Waals surface area (Å²) in [6, 6.07) is 3.46. The number of hydrogen-bond donors (Lipinski definition) is 2. The van der Waals surface area contributed by atoms with Gasteiger partial charge in [0.15, 0.2) is 0 Å². The molecule has 102 valence electrons. The number of piperidine rings is 1. The first kappa shape index (κ1) is 13.8. The van der Waals surface area contributed by atoms with Gasteiger partial charge >= 0.3 is 5.97 Å². The van der Waals surface area contributed by atoms with Crippen LogP contribution in [0.25, 0.3) is 6.08 Å². The van der Waals surface area contributed by atoms with E-state index < -0.39 is 5.97 Å². The average molecular weight is 280 g/mol. The molecule has 2 N–H and O–H groups in total. The lowest BCUT2D eigenvalue weighted by molar-refractivity contribution is -0.131. The van der Waals surface area contributed by atoms with E-state index in [1.807, 2.05) is 5.01 Å². The van der Waals surface area contributed by atoms with E-state index in [1.54, 1.807) is 12.1 Å². The summed E-state index contributed by atoms with van der Waals surface area (Å²) >= 11 is 1.28. The molecule has 19 heavy (non-hydrogen) atoms. The third-order valence-electron chi connectivity index (χ3n) is 2.86. The van der Waals surface area contributed by atoms with Crippen LogP contribution in [-0.2, 0) is 4.79 Å². The van der Waals surface area contributed by atoms with Gasteiger partial charge in [0, 0.05) is 24.0 Å². The minimum Gasteiger partial charge on any atom is -0.478 e. The number of carbonyl (C=O) groups excluding carboxylic acids is 1. The van der Waals surface area contributed by atoms with Gasteiger partial charge in [0.1, 0.15) is 0 Å². The minimum absolute atomic E-state index is 0.123. The van der Waals surface area contributed by atoms with Gasteiger partial charge in [-0.05, 0) is 31.1 Å². The molecule has 1 aromatic rings. The highest BCUT2D eigenvalue weighted by molar-refractivity contribution is 7.14. The van der Waals surface area contributed by atoms with E-state index in [9.17, 15) is 9.59 Å². The van der Waals surface area contributed by atoms with Crippen LogP contribution in [0, 0.1) is 0 Å². The molecular weight excluding hydrogens is 264 g/mol. The molecule has 1 fully saturated rings. The summed E-state index contributed by atoms with van der Waals surface area (Å²) < 4.78 is 0. The van der Waals surface area contributed by atoms with Gasteiger partial charge in [0.05, 0.1) is 4.88 Å². The first-order chi connectivity index (χ1) is 9.15. The van der Waals surface area contributed by atoms with Crippen molar-refractivity contribution in [3.63, 3.8) is 0 Å². The van der Waals surface area contributed by atoms with Crippen molar-refractivity contribution in [2.75, 3.05) is 13.1 Å².